The van der Waals surface area contributed by atoms with Gasteiger partial charge in [0.15, 0.2) is 6.81 Å². The smallest absolute Gasteiger partial charge is 0.169 e. The van der Waals surface area contributed by atoms with Crippen molar-refractivity contribution in [3.63, 3.8) is 0 Å². The summed E-state index contributed by atoms with van der Waals surface area (Å²) >= 11 is 0. The largest absolute Gasteiger partial charge is 0.473 e. The van der Waals surface area contributed by atoms with Crippen LogP contribution in [-0.2, 0) is 26.3 Å². The normalized spacial score (nSPS) is 15.6. The van der Waals surface area contributed by atoms with E-state index in [1.807, 2.05) is 7.11 Å². The van der Waals surface area contributed by atoms with Crippen molar-refractivity contribution < 1.29 is 4.65 Å². The number of fused-ring (bicyclic) bond motifs is 9. The highest BCUT2D eigenvalue weighted by Gasteiger charge is 2.51. The fourth-order valence-electron chi connectivity index (χ4n) is 8.06. The van der Waals surface area contributed by atoms with E-state index < -0.39 is 6.04 Å². The molecule has 6 rings (SSSR count). The summed E-state index contributed by atoms with van der Waals surface area (Å²) in [6.45, 7) is 27.8. The maximum Gasteiger partial charge on any atom is 0.169 e. The first kappa shape index (κ1) is 31.0. The minimum absolute atomic E-state index is 0.0238. The third kappa shape index (κ3) is 4.56. The van der Waals surface area contributed by atoms with E-state index in [9.17, 15) is 0 Å². The molecule has 0 bridgehead atoms. The first-order valence-corrected chi connectivity index (χ1v) is 16.6. The van der Waals surface area contributed by atoms with Crippen LogP contribution >= 0.6 is 0 Å². The topological polar surface area (TPSA) is 9.23 Å². The molecule has 3 heteroatoms. The first-order valence-electron chi connectivity index (χ1n) is 16.6. The molecule has 1 spiro atoms. The van der Waals surface area contributed by atoms with Crippen LogP contribution in [0.4, 0.5) is 0 Å². The standard InChI is InChI=1S/C41H51B2O/c1-38(2,3)26-14-18-30-31-19-15-27(39(4,5)6)23-35(31)43(42(44-13)34(30)22-26)36-24-28(40(7,8)9)16-20-32(36)33-21-17-29(25-37(33)43)41(10,11)12/h14-25H,1-13H3/q-1. The fraction of sp³-hybridized carbons (Fsp3) is 0.415. The average Bonchev–Trinajstić information content (AvgIpc) is 3.20. The summed E-state index contributed by atoms with van der Waals surface area (Å²) in [5.41, 5.74) is 16.6. The molecule has 0 saturated heterocycles. The van der Waals surface area contributed by atoms with Gasteiger partial charge in [-0.15, -0.1) is 0 Å². The van der Waals surface area contributed by atoms with Gasteiger partial charge in [0, 0.05) is 7.11 Å². The molecule has 0 atom stereocenters. The molecule has 2 aliphatic rings. The molecule has 4 aromatic rings. The van der Waals surface area contributed by atoms with Gasteiger partial charge in [-0.05, 0) is 49.5 Å². The lowest BCUT2D eigenvalue weighted by atomic mass is 8.92. The summed E-state index contributed by atoms with van der Waals surface area (Å²) < 4.78 is 6.90. The summed E-state index contributed by atoms with van der Waals surface area (Å²) in [6, 6.07) is 27.6. The molecule has 0 fully saturated rings. The quantitative estimate of drug-likeness (QED) is 0.208. The Morgan fingerprint density at radius 3 is 1.05 bits per heavy atom. The van der Waals surface area contributed by atoms with E-state index in [-0.39, 0.29) is 28.5 Å². The van der Waals surface area contributed by atoms with Crippen LogP contribution in [0.3, 0.4) is 0 Å². The Hall–Kier alpha value is -3.03. The molecule has 0 unspecified atom stereocenters. The molecule has 2 heterocycles. The fourth-order valence-corrected chi connectivity index (χ4v) is 8.06. The van der Waals surface area contributed by atoms with E-state index in [1.165, 1.54) is 66.4 Å². The van der Waals surface area contributed by atoms with E-state index in [1.54, 1.807) is 0 Å². The van der Waals surface area contributed by atoms with Crippen molar-refractivity contribution in [1.82, 2.24) is 0 Å². The minimum atomic E-state index is -1.53. The second-order valence-electron chi connectivity index (χ2n) is 17.8. The van der Waals surface area contributed by atoms with E-state index in [4.69, 9.17) is 4.65 Å². The van der Waals surface area contributed by atoms with E-state index in [2.05, 4.69) is 156 Å². The minimum Gasteiger partial charge on any atom is -0.473 e. The summed E-state index contributed by atoms with van der Waals surface area (Å²) in [6.07, 6.45) is 0. The van der Waals surface area contributed by atoms with Crippen LogP contribution in [0.15, 0.2) is 72.8 Å². The van der Waals surface area contributed by atoms with Crippen molar-refractivity contribution >= 4 is 34.7 Å². The highest BCUT2D eigenvalue weighted by atomic mass is 16.4. The van der Waals surface area contributed by atoms with Gasteiger partial charge in [0.25, 0.3) is 0 Å². The molecule has 2 aliphatic heterocycles. The van der Waals surface area contributed by atoms with Crippen LogP contribution in [0.2, 0.25) is 0 Å². The Bertz CT molecular complexity index is 1720. The van der Waals surface area contributed by atoms with E-state index >= 15 is 0 Å². The summed E-state index contributed by atoms with van der Waals surface area (Å²) in [4.78, 5) is 0. The summed E-state index contributed by atoms with van der Waals surface area (Å²) in [5.74, 6) is 0. The first-order chi connectivity index (χ1) is 20.3. The lowest BCUT2D eigenvalue weighted by Crippen LogP contribution is -2.80. The molecule has 0 aromatic heterocycles. The maximum absolute atomic E-state index is 6.90. The molecular formula is C41H51B2O-. The van der Waals surface area contributed by atoms with Crippen molar-refractivity contribution in [2.24, 2.45) is 0 Å². The zero-order valence-corrected chi connectivity index (χ0v) is 29.5. The molecule has 0 aliphatic carbocycles. The molecule has 0 radical (unpaired) electrons. The molecule has 0 amide bonds. The highest BCUT2D eigenvalue weighted by Crippen LogP contribution is 2.40. The Morgan fingerprint density at radius 1 is 0.432 bits per heavy atom. The van der Waals surface area contributed by atoms with Crippen LogP contribution < -0.4 is 21.9 Å². The Balaban J connectivity index is 1.84. The van der Waals surface area contributed by atoms with E-state index in [0.717, 1.165) is 0 Å². The SMILES string of the molecule is COB1c2cc(C(C)(C)C)ccc2-c2ccc(C(C)(C)C)cc2[B-]12c1cc(C(C)(C)C)ccc1-c1ccc(C(C)(C)C)cc12. The van der Waals surface area contributed by atoms with Crippen molar-refractivity contribution in [1.29, 1.82) is 0 Å². The predicted molar refractivity (Wildman–Crippen MR) is 196 cm³/mol. The van der Waals surface area contributed by atoms with Gasteiger partial charge in [-0.2, -0.15) is 16.4 Å². The third-order valence-electron chi connectivity index (χ3n) is 10.7. The van der Waals surface area contributed by atoms with Gasteiger partial charge >= 0.3 is 0 Å². The molecule has 228 valence electrons. The molecule has 1 nitrogen and oxygen atoms in total. The lowest BCUT2D eigenvalue weighted by Gasteiger charge is -2.50. The molecule has 0 N–H and O–H groups in total. The van der Waals surface area contributed by atoms with Gasteiger partial charge in [0.2, 0.25) is 0 Å². The number of benzene rings is 4. The number of rotatable bonds is 1. The Labute approximate surface area is 267 Å². The van der Waals surface area contributed by atoms with Gasteiger partial charge in [-0.1, -0.05) is 178 Å². The van der Waals surface area contributed by atoms with Crippen LogP contribution in [0, 0.1) is 0 Å². The second-order valence-corrected chi connectivity index (χ2v) is 17.8. The van der Waals surface area contributed by atoms with Gasteiger partial charge in [0.1, 0.15) is 0 Å². The van der Waals surface area contributed by atoms with Crippen LogP contribution in [0.5, 0.6) is 0 Å². The summed E-state index contributed by atoms with van der Waals surface area (Å²) in [7, 11) is 1.94. The zero-order chi connectivity index (χ0) is 32.2. The molecule has 44 heavy (non-hydrogen) atoms. The summed E-state index contributed by atoms with van der Waals surface area (Å²) in [5, 5.41) is 0. The number of hydrogen-bond acceptors (Lipinski definition) is 1. The van der Waals surface area contributed by atoms with Gasteiger partial charge in [-0.3, -0.25) is 0 Å². The van der Waals surface area contributed by atoms with Gasteiger partial charge in [0.05, 0.1) is 6.04 Å². The highest BCUT2D eigenvalue weighted by molar-refractivity contribution is 7.53. The Kier molecular flexibility index (Phi) is 6.85. The predicted octanol–water partition coefficient (Wildman–Crippen LogP) is 7.93. The molecule has 4 aromatic carbocycles. The lowest BCUT2D eigenvalue weighted by molar-refractivity contribution is 0.442. The van der Waals surface area contributed by atoms with Gasteiger partial charge < -0.3 is 4.65 Å². The van der Waals surface area contributed by atoms with Crippen molar-refractivity contribution in [3.05, 3.63) is 95.1 Å². The van der Waals surface area contributed by atoms with Crippen LogP contribution in [0.1, 0.15) is 105 Å². The monoisotopic (exact) mass is 581 g/mol. The third-order valence-corrected chi connectivity index (χ3v) is 10.7. The van der Waals surface area contributed by atoms with Crippen LogP contribution in [0.25, 0.3) is 22.3 Å². The van der Waals surface area contributed by atoms with Crippen molar-refractivity contribution in [3.8, 4) is 22.3 Å². The van der Waals surface area contributed by atoms with Crippen LogP contribution in [-0.4, -0.2) is 20.0 Å². The zero-order valence-electron chi connectivity index (χ0n) is 29.5. The second kappa shape index (κ2) is 9.73. The maximum atomic E-state index is 6.90. The van der Waals surface area contributed by atoms with Crippen molar-refractivity contribution in [2.45, 2.75) is 105 Å². The van der Waals surface area contributed by atoms with Gasteiger partial charge in [-0.25, -0.2) is 0 Å². The van der Waals surface area contributed by atoms with Crippen molar-refractivity contribution in [2.75, 3.05) is 7.11 Å². The molecular weight excluding hydrogens is 530 g/mol. The average molecular weight is 581 g/mol. The van der Waals surface area contributed by atoms with E-state index in [0.29, 0.717) is 0 Å². The number of hydrogen-bond donors (Lipinski definition) is 0. The molecule has 0 saturated carbocycles. The Morgan fingerprint density at radius 2 is 0.727 bits per heavy atom.